The van der Waals surface area contributed by atoms with Crippen LogP contribution in [0.25, 0.3) is 0 Å². The van der Waals surface area contributed by atoms with Crippen LogP contribution in [-0.4, -0.2) is 29.6 Å². The molecule has 0 radical (unpaired) electrons. The van der Waals surface area contributed by atoms with Gasteiger partial charge in [-0.3, -0.25) is 4.79 Å². The maximum Gasteiger partial charge on any atom is 0.232 e. The molecular weight excluding hydrogens is 300 g/mol. The van der Waals surface area contributed by atoms with E-state index < -0.39 is 0 Å². The highest BCUT2D eigenvalue weighted by molar-refractivity contribution is 9.10. The Morgan fingerprint density at radius 1 is 1.41 bits per heavy atom. The van der Waals surface area contributed by atoms with Crippen LogP contribution in [-0.2, 0) is 4.79 Å². The van der Waals surface area contributed by atoms with E-state index in [0.717, 1.165) is 28.1 Å². The zero-order valence-electron chi connectivity index (χ0n) is 10.1. The van der Waals surface area contributed by atoms with Gasteiger partial charge in [-0.25, -0.2) is 0 Å². The Morgan fingerprint density at radius 3 is 2.59 bits per heavy atom. The second-order valence-corrected chi connectivity index (χ2v) is 5.42. The predicted octanol–water partition coefficient (Wildman–Crippen LogP) is 2.99. The van der Waals surface area contributed by atoms with Gasteiger partial charge in [0.1, 0.15) is 0 Å². The summed E-state index contributed by atoms with van der Waals surface area (Å²) in [4.78, 5) is 14.7. The van der Waals surface area contributed by atoms with Crippen LogP contribution in [0.2, 0.25) is 0 Å². The number of halogens is 1. The summed E-state index contributed by atoms with van der Waals surface area (Å²) in [6.45, 7) is 5.51. The number of anilines is 1. The van der Waals surface area contributed by atoms with E-state index >= 15 is 0 Å². The fourth-order valence-electron chi connectivity index (χ4n) is 1.44. The number of nitrogens with two attached hydrogens (primary N) is 1. The molecule has 0 aromatic heterocycles. The lowest BCUT2D eigenvalue weighted by molar-refractivity contribution is -0.127. The first-order chi connectivity index (χ1) is 8.08. The van der Waals surface area contributed by atoms with E-state index in [-0.39, 0.29) is 5.91 Å². The van der Waals surface area contributed by atoms with E-state index in [0.29, 0.717) is 5.75 Å². The standard InChI is InChI=1S/C12H17BrN2OS/c1-3-15(4-2)12(16)8-17-11-6-5-9(14)7-10(11)13/h5-7H,3-4,8,14H2,1-2H3. The number of carbonyl (C=O) groups is 1. The van der Waals surface area contributed by atoms with Crippen LogP contribution in [0.4, 0.5) is 5.69 Å². The molecule has 0 saturated heterocycles. The summed E-state index contributed by atoms with van der Waals surface area (Å²) in [6.07, 6.45) is 0. The second-order valence-electron chi connectivity index (χ2n) is 3.54. The van der Waals surface area contributed by atoms with Gasteiger partial charge in [-0.2, -0.15) is 0 Å². The molecule has 2 N–H and O–H groups in total. The Balaban J connectivity index is 2.58. The molecular formula is C12H17BrN2OS. The number of amides is 1. The molecule has 94 valence electrons. The molecule has 0 unspecified atom stereocenters. The highest BCUT2D eigenvalue weighted by atomic mass is 79.9. The number of hydrogen-bond acceptors (Lipinski definition) is 3. The summed E-state index contributed by atoms with van der Waals surface area (Å²) in [5.41, 5.74) is 6.38. The van der Waals surface area contributed by atoms with E-state index in [1.54, 1.807) is 0 Å². The molecule has 17 heavy (non-hydrogen) atoms. The third-order valence-corrected chi connectivity index (χ3v) is 4.40. The summed E-state index contributed by atoms with van der Waals surface area (Å²) >= 11 is 4.97. The van der Waals surface area contributed by atoms with E-state index in [9.17, 15) is 4.79 Å². The van der Waals surface area contributed by atoms with Crippen LogP contribution in [0.3, 0.4) is 0 Å². The Hall–Kier alpha value is -0.680. The minimum atomic E-state index is 0.170. The van der Waals surface area contributed by atoms with Gasteiger partial charge in [0.15, 0.2) is 0 Å². The number of rotatable bonds is 5. The van der Waals surface area contributed by atoms with E-state index in [1.807, 2.05) is 36.9 Å². The van der Waals surface area contributed by atoms with Gasteiger partial charge < -0.3 is 10.6 Å². The molecule has 0 saturated carbocycles. The fraction of sp³-hybridized carbons (Fsp3) is 0.417. The highest BCUT2D eigenvalue weighted by Gasteiger charge is 2.10. The van der Waals surface area contributed by atoms with Gasteiger partial charge in [0, 0.05) is 28.1 Å². The van der Waals surface area contributed by atoms with E-state index in [4.69, 9.17) is 5.73 Å². The van der Waals surface area contributed by atoms with Gasteiger partial charge in [-0.05, 0) is 48.0 Å². The largest absolute Gasteiger partial charge is 0.399 e. The summed E-state index contributed by atoms with van der Waals surface area (Å²) in [5, 5.41) is 0. The molecule has 1 aromatic rings. The molecule has 0 atom stereocenters. The predicted molar refractivity (Wildman–Crippen MR) is 77.2 cm³/mol. The molecule has 1 amide bonds. The van der Waals surface area contributed by atoms with Crippen LogP contribution in [0, 0.1) is 0 Å². The smallest absolute Gasteiger partial charge is 0.232 e. The number of nitrogen functional groups attached to an aromatic ring is 1. The minimum Gasteiger partial charge on any atom is -0.399 e. The number of hydrogen-bond donors (Lipinski definition) is 1. The van der Waals surface area contributed by atoms with Gasteiger partial charge in [0.2, 0.25) is 5.91 Å². The van der Waals surface area contributed by atoms with Crippen molar-refractivity contribution in [2.24, 2.45) is 0 Å². The number of benzene rings is 1. The van der Waals surface area contributed by atoms with E-state index in [2.05, 4.69) is 15.9 Å². The van der Waals surface area contributed by atoms with E-state index in [1.165, 1.54) is 11.8 Å². The lowest BCUT2D eigenvalue weighted by Crippen LogP contribution is -2.31. The maximum atomic E-state index is 11.8. The maximum absolute atomic E-state index is 11.8. The second kappa shape index (κ2) is 6.91. The monoisotopic (exact) mass is 316 g/mol. The van der Waals surface area contributed by atoms with Crippen LogP contribution in [0.5, 0.6) is 0 Å². The first-order valence-electron chi connectivity index (χ1n) is 5.54. The summed E-state index contributed by atoms with van der Waals surface area (Å²) in [7, 11) is 0. The molecule has 1 aromatic carbocycles. The Kier molecular flexibility index (Phi) is 5.85. The van der Waals surface area contributed by atoms with Gasteiger partial charge in [0.25, 0.3) is 0 Å². The van der Waals surface area contributed by atoms with Crippen molar-refractivity contribution in [1.82, 2.24) is 4.90 Å². The number of nitrogens with zero attached hydrogens (tertiary/aromatic N) is 1. The van der Waals surface area contributed by atoms with Crippen molar-refractivity contribution in [3.8, 4) is 0 Å². The molecule has 3 nitrogen and oxygen atoms in total. The van der Waals surface area contributed by atoms with Crippen molar-refractivity contribution in [3.63, 3.8) is 0 Å². The number of carbonyl (C=O) groups excluding carboxylic acids is 1. The lowest BCUT2D eigenvalue weighted by atomic mass is 10.3. The quantitative estimate of drug-likeness (QED) is 0.671. The first-order valence-corrected chi connectivity index (χ1v) is 7.32. The molecule has 0 heterocycles. The highest BCUT2D eigenvalue weighted by Crippen LogP contribution is 2.29. The summed E-state index contributed by atoms with van der Waals surface area (Å²) < 4.78 is 0.940. The average molecular weight is 317 g/mol. The van der Waals surface area contributed by atoms with Gasteiger partial charge in [-0.1, -0.05) is 0 Å². The van der Waals surface area contributed by atoms with Gasteiger partial charge in [-0.15, -0.1) is 11.8 Å². The normalized spacial score (nSPS) is 10.3. The van der Waals surface area contributed by atoms with Gasteiger partial charge >= 0.3 is 0 Å². The number of thioether (sulfide) groups is 1. The SMILES string of the molecule is CCN(CC)C(=O)CSc1ccc(N)cc1Br. The third-order valence-electron chi connectivity index (χ3n) is 2.42. The van der Waals surface area contributed by atoms with Crippen molar-refractivity contribution < 1.29 is 4.79 Å². The zero-order valence-corrected chi connectivity index (χ0v) is 12.5. The lowest BCUT2D eigenvalue weighted by Gasteiger charge is -2.18. The van der Waals surface area contributed by atoms with Crippen molar-refractivity contribution in [3.05, 3.63) is 22.7 Å². The zero-order chi connectivity index (χ0) is 12.8. The average Bonchev–Trinajstić information content (AvgIpc) is 2.29. The third kappa shape index (κ3) is 4.24. The minimum absolute atomic E-state index is 0.170. The molecule has 0 aliphatic carbocycles. The molecule has 0 aliphatic heterocycles. The van der Waals surface area contributed by atoms with Crippen LogP contribution >= 0.6 is 27.7 Å². The van der Waals surface area contributed by atoms with Crippen LogP contribution in [0.15, 0.2) is 27.6 Å². The summed E-state index contributed by atoms with van der Waals surface area (Å²) in [6, 6.07) is 5.62. The van der Waals surface area contributed by atoms with Crippen LogP contribution < -0.4 is 5.73 Å². The van der Waals surface area contributed by atoms with Gasteiger partial charge in [0.05, 0.1) is 5.75 Å². The van der Waals surface area contributed by atoms with Crippen molar-refractivity contribution in [1.29, 1.82) is 0 Å². The Labute approximate surface area is 115 Å². The molecule has 0 bridgehead atoms. The molecule has 5 heteroatoms. The van der Waals surface area contributed by atoms with Crippen molar-refractivity contribution in [2.45, 2.75) is 18.7 Å². The van der Waals surface area contributed by atoms with Crippen molar-refractivity contribution >= 4 is 39.3 Å². The van der Waals surface area contributed by atoms with Crippen LogP contribution in [0.1, 0.15) is 13.8 Å². The topological polar surface area (TPSA) is 46.3 Å². The fourth-order valence-corrected chi connectivity index (χ4v) is 3.00. The molecule has 1 rings (SSSR count). The molecule has 0 aliphatic rings. The molecule has 0 spiro atoms. The summed E-state index contributed by atoms with van der Waals surface area (Å²) in [5.74, 6) is 0.633. The Bertz CT molecular complexity index is 394. The Morgan fingerprint density at radius 2 is 2.06 bits per heavy atom. The first kappa shape index (κ1) is 14.4. The van der Waals surface area contributed by atoms with Crippen molar-refractivity contribution in [2.75, 3.05) is 24.6 Å². The molecule has 0 fully saturated rings.